The van der Waals surface area contributed by atoms with Crippen molar-refractivity contribution in [2.45, 2.75) is 32.2 Å². The number of aryl methyl sites for hydroxylation is 1. The van der Waals surface area contributed by atoms with Gasteiger partial charge in [0.15, 0.2) is 0 Å². The van der Waals surface area contributed by atoms with E-state index >= 15 is 0 Å². The first-order valence-corrected chi connectivity index (χ1v) is 9.11. The number of hydrogen-bond acceptors (Lipinski definition) is 5. The van der Waals surface area contributed by atoms with Gasteiger partial charge in [-0.15, -0.1) is 0 Å². The molecule has 26 heavy (non-hydrogen) atoms. The van der Waals surface area contributed by atoms with Crippen LogP contribution in [0.3, 0.4) is 0 Å². The predicted octanol–water partition coefficient (Wildman–Crippen LogP) is 2.18. The predicted molar refractivity (Wildman–Crippen MR) is 105 cm³/mol. The minimum atomic E-state index is 0.0859. The summed E-state index contributed by atoms with van der Waals surface area (Å²) in [5.74, 6) is 1.89. The number of amides is 1. The molecule has 0 aliphatic carbocycles. The van der Waals surface area contributed by atoms with Crippen LogP contribution in [0.15, 0.2) is 36.7 Å². The van der Waals surface area contributed by atoms with Gasteiger partial charge < -0.3 is 15.1 Å². The number of nitrogens with zero attached hydrogens (tertiary/aromatic N) is 4. The lowest BCUT2D eigenvalue weighted by Gasteiger charge is -2.34. The molecule has 1 atom stereocenters. The third kappa shape index (κ3) is 4.50. The molecule has 6 heteroatoms. The number of aromatic nitrogens is 2. The maximum atomic E-state index is 12.5. The van der Waals surface area contributed by atoms with Crippen LogP contribution < -0.4 is 15.1 Å². The number of nitrogens with one attached hydrogen (secondary N) is 1. The lowest BCUT2D eigenvalue weighted by molar-refractivity contribution is -0.121. The molecular formula is C20H27N5O. The summed E-state index contributed by atoms with van der Waals surface area (Å²) in [6.07, 6.45) is 4.07. The van der Waals surface area contributed by atoms with Crippen LogP contribution in [0, 0.1) is 6.92 Å². The average Bonchev–Trinajstić information content (AvgIpc) is 2.64. The fourth-order valence-electron chi connectivity index (χ4n) is 3.32. The molecule has 1 aliphatic rings. The summed E-state index contributed by atoms with van der Waals surface area (Å²) in [5, 5.41) is 3.20. The number of rotatable bonds is 5. The molecule has 0 spiro atoms. The number of carbonyl (C=O) groups excluding carboxylic acids is 1. The molecule has 2 heterocycles. The van der Waals surface area contributed by atoms with Crippen LogP contribution in [0.5, 0.6) is 0 Å². The molecule has 1 aromatic heterocycles. The van der Waals surface area contributed by atoms with Crippen molar-refractivity contribution in [3.05, 3.63) is 47.8 Å². The van der Waals surface area contributed by atoms with E-state index < -0.39 is 0 Å². The molecule has 0 bridgehead atoms. The zero-order chi connectivity index (χ0) is 18.5. The minimum Gasteiger partial charge on any atom is -0.363 e. The van der Waals surface area contributed by atoms with Gasteiger partial charge in [-0.25, -0.2) is 9.97 Å². The van der Waals surface area contributed by atoms with Gasteiger partial charge in [0.1, 0.15) is 18.0 Å². The molecule has 1 N–H and O–H groups in total. The second kappa shape index (κ2) is 8.17. The van der Waals surface area contributed by atoms with Crippen LogP contribution in [0.2, 0.25) is 0 Å². The molecule has 1 aliphatic heterocycles. The van der Waals surface area contributed by atoms with Gasteiger partial charge >= 0.3 is 0 Å². The Morgan fingerprint density at radius 3 is 2.88 bits per heavy atom. The van der Waals surface area contributed by atoms with Gasteiger partial charge in [-0.05, 0) is 30.9 Å². The van der Waals surface area contributed by atoms with Gasteiger partial charge in [0.2, 0.25) is 5.91 Å². The number of hydrogen-bond donors (Lipinski definition) is 1. The highest BCUT2D eigenvalue weighted by atomic mass is 16.1. The lowest BCUT2D eigenvalue weighted by Crippen LogP contribution is -2.48. The Balaban J connectivity index is 1.61. The first-order chi connectivity index (χ1) is 12.5. The average molecular weight is 353 g/mol. The van der Waals surface area contributed by atoms with Gasteiger partial charge in [0.25, 0.3) is 0 Å². The fourth-order valence-corrected chi connectivity index (χ4v) is 3.32. The molecule has 1 amide bonds. The Labute approximate surface area is 155 Å². The summed E-state index contributed by atoms with van der Waals surface area (Å²) in [7, 11) is 3.94. The third-order valence-electron chi connectivity index (χ3n) is 4.82. The SMILES string of the molecule is Cc1ccccc1CC(=O)N[C@H]1CCCN(c2cc(N(C)C)ncn2)C1. The largest absolute Gasteiger partial charge is 0.363 e. The van der Waals surface area contributed by atoms with Crippen molar-refractivity contribution in [2.24, 2.45) is 0 Å². The van der Waals surface area contributed by atoms with Crippen molar-refractivity contribution in [3.8, 4) is 0 Å². The van der Waals surface area contributed by atoms with Crippen LogP contribution in [0.25, 0.3) is 0 Å². The lowest BCUT2D eigenvalue weighted by atomic mass is 10.0. The molecule has 138 valence electrons. The molecule has 0 unspecified atom stereocenters. The van der Waals surface area contributed by atoms with Crippen LogP contribution in [-0.2, 0) is 11.2 Å². The van der Waals surface area contributed by atoms with E-state index in [2.05, 4.69) is 20.2 Å². The fraction of sp³-hybridized carbons (Fsp3) is 0.450. The van der Waals surface area contributed by atoms with Crippen LogP contribution in [0.4, 0.5) is 11.6 Å². The van der Waals surface area contributed by atoms with E-state index in [1.165, 1.54) is 0 Å². The van der Waals surface area contributed by atoms with E-state index in [-0.39, 0.29) is 11.9 Å². The topological polar surface area (TPSA) is 61.4 Å². The smallest absolute Gasteiger partial charge is 0.224 e. The van der Waals surface area contributed by atoms with Crippen molar-refractivity contribution in [1.29, 1.82) is 0 Å². The van der Waals surface area contributed by atoms with Crippen LogP contribution >= 0.6 is 0 Å². The monoisotopic (exact) mass is 353 g/mol. The first-order valence-electron chi connectivity index (χ1n) is 9.11. The Morgan fingerprint density at radius 1 is 1.31 bits per heavy atom. The molecule has 0 saturated carbocycles. The summed E-state index contributed by atoms with van der Waals surface area (Å²) >= 11 is 0. The number of benzene rings is 1. The number of anilines is 2. The number of piperidine rings is 1. The van der Waals surface area contributed by atoms with Crippen LogP contribution in [0.1, 0.15) is 24.0 Å². The number of carbonyl (C=O) groups is 1. The Bertz CT molecular complexity index is 761. The highest BCUT2D eigenvalue weighted by molar-refractivity contribution is 5.79. The van der Waals surface area contributed by atoms with E-state index in [0.717, 1.165) is 48.7 Å². The quantitative estimate of drug-likeness (QED) is 0.893. The van der Waals surface area contributed by atoms with Crippen molar-refractivity contribution >= 4 is 17.5 Å². The summed E-state index contributed by atoms with van der Waals surface area (Å²) in [6.45, 7) is 3.78. The summed E-state index contributed by atoms with van der Waals surface area (Å²) in [5.41, 5.74) is 2.24. The molecule has 2 aromatic rings. The van der Waals surface area contributed by atoms with Gasteiger partial charge in [0, 0.05) is 39.3 Å². The Hall–Kier alpha value is -2.63. The summed E-state index contributed by atoms with van der Waals surface area (Å²) in [4.78, 5) is 25.3. The summed E-state index contributed by atoms with van der Waals surface area (Å²) < 4.78 is 0. The Kier molecular flexibility index (Phi) is 5.71. The normalized spacial score (nSPS) is 17.0. The van der Waals surface area contributed by atoms with E-state index in [9.17, 15) is 4.79 Å². The van der Waals surface area contributed by atoms with Crippen molar-refractivity contribution in [1.82, 2.24) is 15.3 Å². The molecule has 3 rings (SSSR count). The van der Waals surface area contributed by atoms with Gasteiger partial charge in [-0.1, -0.05) is 24.3 Å². The first kappa shape index (κ1) is 18.2. The van der Waals surface area contributed by atoms with Gasteiger partial charge in [-0.3, -0.25) is 4.79 Å². The summed E-state index contributed by atoms with van der Waals surface area (Å²) in [6, 6.07) is 10.2. The van der Waals surface area contributed by atoms with E-state index in [0.29, 0.717) is 6.42 Å². The second-order valence-corrected chi connectivity index (χ2v) is 7.08. The van der Waals surface area contributed by atoms with Crippen LogP contribution in [-0.4, -0.2) is 49.1 Å². The van der Waals surface area contributed by atoms with E-state index in [4.69, 9.17) is 0 Å². The second-order valence-electron chi connectivity index (χ2n) is 7.08. The zero-order valence-electron chi connectivity index (χ0n) is 15.8. The zero-order valence-corrected chi connectivity index (χ0v) is 15.8. The third-order valence-corrected chi connectivity index (χ3v) is 4.82. The highest BCUT2D eigenvalue weighted by Gasteiger charge is 2.23. The molecular weight excluding hydrogens is 326 g/mol. The van der Waals surface area contributed by atoms with Crippen molar-refractivity contribution in [2.75, 3.05) is 37.0 Å². The molecule has 6 nitrogen and oxygen atoms in total. The van der Waals surface area contributed by atoms with E-state index in [1.54, 1.807) is 6.33 Å². The van der Waals surface area contributed by atoms with Gasteiger partial charge in [0.05, 0.1) is 6.42 Å². The Morgan fingerprint density at radius 2 is 2.12 bits per heavy atom. The maximum Gasteiger partial charge on any atom is 0.224 e. The molecule has 1 fully saturated rings. The molecule has 1 saturated heterocycles. The standard InChI is InChI=1S/C20H27N5O/c1-15-7-4-5-8-16(15)11-20(26)23-17-9-6-10-25(13-17)19-12-18(24(2)3)21-14-22-19/h4-5,7-8,12,14,17H,6,9-11,13H2,1-3H3,(H,23,26)/t17-/m0/s1. The maximum absolute atomic E-state index is 12.5. The van der Waals surface area contributed by atoms with Gasteiger partial charge in [-0.2, -0.15) is 0 Å². The highest BCUT2D eigenvalue weighted by Crippen LogP contribution is 2.20. The van der Waals surface area contributed by atoms with Crippen molar-refractivity contribution in [3.63, 3.8) is 0 Å². The van der Waals surface area contributed by atoms with Crippen molar-refractivity contribution < 1.29 is 4.79 Å². The molecule has 1 aromatic carbocycles. The van der Waals surface area contributed by atoms with E-state index in [1.807, 2.05) is 56.3 Å². The minimum absolute atomic E-state index is 0.0859. The molecule has 0 radical (unpaired) electrons.